The molecular weight excluding hydrogens is 366 g/mol. The molecule has 2 heterocycles. The Balaban J connectivity index is 1.63. The first-order valence-corrected chi connectivity index (χ1v) is 10.4. The van der Waals surface area contributed by atoms with Gasteiger partial charge in [0.25, 0.3) is 5.91 Å². The standard InChI is InChI=1S/C23H33N3O3/c1-24(2)13-14-26(23(27)22-11-7-15-29-22)17-19-8-6-12-25(16-19)18-20-9-4-5-10-21(20)28-3/h4-5,7,9-11,15,19H,6,8,12-14,16-18H2,1-3H3. The summed E-state index contributed by atoms with van der Waals surface area (Å²) in [7, 11) is 5.79. The van der Waals surface area contributed by atoms with Gasteiger partial charge in [0.2, 0.25) is 0 Å². The third-order valence-electron chi connectivity index (χ3n) is 5.50. The van der Waals surface area contributed by atoms with Gasteiger partial charge in [-0.15, -0.1) is 0 Å². The predicted octanol–water partition coefficient (Wildman–Crippen LogP) is 3.20. The summed E-state index contributed by atoms with van der Waals surface area (Å²) in [5.41, 5.74) is 1.21. The molecule has 1 aliphatic rings. The predicted molar refractivity (Wildman–Crippen MR) is 114 cm³/mol. The second kappa shape index (κ2) is 10.5. The number of nitrogens with zero attached hydrogens (tertiary/aromatic N) is 3. The van der Waals surface area contributed by atoms with Gasteiger partial charge in [0.15, 0.2) is 5.76 Å². The maximum absolute atomic E-state index is 12.9. The Hall–Kier alpha value is -2.31. The fraction of sp³-hybridized carbons (Fsp3) is 0.522. The average Bonchev–Trinajstić information content (AvgIpc) is 3.26. The van der Waals surface area contributed by atoms with E-state index in [9.17, 15) is 4.79 Å². The number of likely N-dealkylation sites (N-methyl/N-ethyl adjacent to an activating group) is 1. The van der Waals surface area contributed by atoms with Crippen molar-refractivity contribution in [1.82, 2.24) is 14.7 Å². The molecule has 1 fully saturated rings. The van der Waals surface area contributed by atoms with E-state index in [0.717, 1.165) is 51.3 Å². The van der Waals surface area contributed by atoms with Gasteiger partial charge in [-0.05, 0) is 57.6 Å². The number of hydrogen-bond donors (Lipinski definition) is 0. The van der Waals surface area contributed by atoms with Crippen LogP contribution in [0.4, 0.5) is 0 Å². The van der Waals surface area contributed by atoms with Crippen LogP contribution in [0.1, 0.15) is 29.0 Å². The van der Waals surface area contributed by atoms with E-state index in [1.54, 1.807) is 25.5 Å². The number of methoxy groups -OCH3 is 1. The van der Waals surface area contributed by atoms with Crippen molar-refractivity contribution in [2.45, 2.75) is 19.4 Å². The topological polar surface area (TPSA) is 49.2 Å². The van der Waals surface area contributed by atoms with Crippen molar-refractivity contribution >= 4 is 5.91 Å². The van der Waals surface area contributed by atoms with Crippen LogP contribution in [0.5, 0.6) is 5.75 Å². The lowest BCUT2D eigenvalue weighted by Gasteiger charge is -2.36. The highest BCUT2D eigenvalue weighted by molar-refractivity contribution is 5.91. The zero-order valence-electron chi connectivity index (χ0n) is 17.8. The number of hydrogen-bond acceptors (Lipinski definition) is 5. The molecule has 0 bridgehead atoms. The van der Waals surface area contributed by atoms with Gasteiger partial charge in [-0.25, -0.2) is 0 Å². The number of para-hydroxylation sites is 1. The molecule has 1 aliphatic heterocycles. The minimum atomic E-state index is -0.0151. The van der Waals surface area contributed by atoms with Crippen molar-refractivity contribution < 1.29 is 13.9 Å². The molecule has 0 saturated carbocycles. The lowest BCUT2D eigenvalue weighted by Crippen LogP contribution is -2.44. The summed E-state index contributed by atoms with van der Waals surface area (Å²) in [5, 5.41) is 0. The number of piperidine rings is 1. The molecule has 1 saturated heterocycles. The highest BCUT2D eigenvalue weighted by Gasteiger charge is 2.26. The number of rotatable bonds is 9. The molecule has 2 aromatic rings. The van der Waals surface area contributed by atoms with E-state index in [1.807, 2.05) is 31.1 Å². The number of benzene rings is 1. The highest BCUT2D eigenvalue weighted by atomic mass is 16.5. The van der Waals surface area contributed by atoms with Crippen LogP contribution in [0, 0.1) is 5.92 Å². The smallest absolute Gasteiger partial charge is 0.289 e. The SMILES string of the molecule is COc1ccccc1CN1CCCC(CN(CCN(C)C)C(=O)c2ccco2)C1. The Morgan fingerprint density at radius 3 is 2.76 bits per heavy atom. The fourth-order valence-corrected chi connectivity index (χ4v) is 3.98. The molecule has 1 atom stereocenters. The molecule has 1 aromatic carbocycles. The van der Waals surface area contributed by atoms with Gasteiger partial charge in [-0.3, -0.25) is 9.69 Å². The second-order valence-electron chi connectivity index (χ2n) is 8.09. The quantitative estimate of drug-likeness (QED) is 0.648. The van der Waals surface area contributed by atoms with Crippen LogP contribution < -0.4 is 4.74 Å². The van der Waals surface area contributed by atoms with Crippen LogP contribution in [-0.2, 0) is 6.54 Å². The summed E-state index contributed by atoms with van der Waals surface area (Å²) in [4.78, 5) is 19.5. The average molecular weight is 400 g/mol. The summed E-state index contributed by atoms with van der Waals surface area (Å²) in [5.74, 6) is 1.80. The first-order chi connectivity index (χ1) is 14.1. The maximum atomic E-state index is 12.9. The van der Waals surface area contributed by atoms with Crippen molar-refractivity contribution in [3.8, 4) is 5.75 Å². The third kappa shape index (κ3) is 6.08. The Bertz CT molecular complexity index is 760. The van der Waals surface area contributed by atoms with Gasteiger partial charge in [-0.1, -0.05) is 18.2 Å². The Morgan fingerprint density at radius 2 is 2.03 bits per heavy atom. The Labute approximate surface area is 174 Å². The first kappa shape index (κ1) is 21.4. The molecule has 1 amide bonds. The first-order valence-electron chi connectivity index (χ1n) is 10.4. The van der Waals surface area contributed by atoms with Crippen LogP contribution in [-0.4, -0.2) is 74.5 Å². The number of ether oxygens (including phenoxy) is 1. The van der Waals surface area contributed by atoms with Crippen molar-refractivity contribution in [2.75, 3.05) is 53.9 Å². The van der Waals surface area contributed by atoms with Gasteiger partial charge >= 0.3 is 0 Å². The molecule has 0 radical (unpaired) electrons. The summed E-state index contributed by atoms with van der Waals surface area (Å²) in [6.07, 6.45) is 3.86. The molecule has 0 aliphatic carbocycles. The van der Waals surface area contributed by atoms with Gasteiger partial charge < -0.3 is 19.0 Å². The molecule has 1 unspecified atom stereocenters. The van der Waals surface area contributed by atoms with E-state index in [2.05, 4.69) is 21.9 Å². The van der Waals surface area contributed by atoms with Gasteiger partial charge in [0.05, 0.1) is 13.4 Å². The van der Waals surface area contributed by atoms with Crippen LogP contribution >= 0.6 is 0 Å². The Morgan fingerprint density at radius 1 is 1.21 bits per heavy atom. The number of carbonyl (C=O) groups excluding carboxylic acids is 1. The number of furan rings is 1. The number of carbonyl (C=O) groups is 1. The van der Waals surface area contributed by atoms with E-state index < -0.39 is 0 Å². The molecule has 3 rings (SSSR count). The lowest BCUT2D eigenvalue weighted by molar-refractivity contribution is 0.0630. The molecule has 6 nitrogen and oxygen atoms in total. The monoisotopic (exact) mass is 399 g/mol. The second-order valence-corrected chi connectivity index (χ2v) is 8.09. The van der Waals surface area contributed by atoms with Crippen LogP contribution in [0.15, 0.2) is 47.1 Å². The van der Waals surface area contributed by atoms with E-state index in [4.69, 9.17) is 9.15 Å². The van der Waals surface area contributed by atoms with Crippen LogP contribution in [0.3, 0.4) is 0 Å². The summed E-state index contributed by atoms with van der Waals surface area (Å²) in [6, 6.07) is 11.7. The van der Waals surface area contributed by atoms with Crippen LogP contribution in [0.25, 0.3) is 0 Å². The third-order valence-corrected chi connectivity index (χ3v) is 5.50. The van der Waals surface area contributed by atoms with E-state index in [1.165, 1.54) is 5.56 Å². The maximum Gasteiger partial charge on any atom is 0.289 e. The Kier molecular flexibility index (Phi) is 7.72. The summed E-state index contributed by atoms with van der Waals surface area (Å²) < 4.78 is 10.9. The molecule has 6 heteroatoms. The molecular formula is C23H33N3O3. The van der Waals surface area contributed by atoms with E-state index in [-0.39, 0.29) is 5.91 Å². The fourth-order valence-electron chi connectivity index (χ4n) is 3.98. The van der Waals surface area contributed by atoms with Gasteiger partial charge in [0.1, 0.15) is 5.75 Å². The molecule has 158 valence electrons. The minimum absolute atomic E-state index is 0.0151. The molecule has 1 aromatic heterocycles. The van der Waals surface area contributed by atoms with Gasteiger partial charge in [0, 0.05) is 38.3 Å². The molecule has 0 N–H and O–H groups in total. The summed E-state index contributed by atoms with van der Waals surface area (Å²) >= 11 is 0. The van der Waals surface area contributed by atoms with Crippen LogP contribution in [0.2, 0.25) is 0 Å². The van der Waals surface area contributed by atoms with Gasteiger partial charge in [-0.2, -0.15) is 0 Å². The largest absolute Gasteiger partial charge is 0.496 e. The van der Waals surface area contributed by atoms with Crippen molar-refractivity contribution in [1.29, 1.82) is 0 Å². The van der Waals surface area contributed by atoms with Crippen molar-refractivity contribution in [2.24, 2.45) is 5.92 Å². The molecule has 0 spiro atoms. The summed E-state index contributed by atoms with van der Waals surface area (Å²) in [6.45, 7) is 5.25. The minimum Gasteiger partial charge on any atom is -0.496 e. The van der Waals surface area contributed by atoms with E-state index >= 15 is 0 Å². The number of amides is 1. The zero-order chi connectivity index (χ0) is 20.6. The lowest BCUT2D eigenvalue weighted by atomic mass is 9.96. The van der Waals surface area contributed by atoms with Crippen molar-refractivity contribution in [3.63, 3.8) is 0 Å². The van der Waals surface area contributed by atoms with Crippen molar-refractivity contribution in [3.05, 3.63) is 54.0 Å². The normalized spacial score (nSPS) is 17.4. The number of likely N-dealkylation sites (tertiary alicyclic amines) is 1. The highest BCUT2D eigenvalue weighted by Crippen LogP contribution is 2.24. The molecule has 29 heavy (non-hydrogen) atoms. The zero-order valence-corrected chi connectivity index (χ0v) is 17.8. The van der Waals surface area contributed by atoms with E-state index in [0.29, 0.717) is 18.2 Å².